The second-order valence-corrected chi connectivity index (χ2v) is 9.25. The molecule has 0 radical (unpaired) electrons. The maximum absolute atomic E-state index is 13.0. The minimum Gasteiger partial charge on any atom is -0.449 e. The molecule has 39 heavy (non-hydrogen) atoms. The first-order valence-corrected chi connectivity index (χ1v) is 12.7. The first kappa shape index (κ1) is 29.8. The number of carbonyl (C=O) groups excluding carboxylic acids is 1. The van der Waals surface area contributed by atoms with Crippen molar-refractivity contribution >= 4 is 17.9 Å². The van der Waals surface area contributed by atoms with E-state index >= 15 is 0 Å². The molecule has 0 aliphatic carbocycles. The molecule has 0 bridgehead atoms. The average Bonchev–Trinajstić information content (AvgIpc) is 3.38. The van der Waals surface area contributed by atoms with Gasteiger partial charge in [0, 0.05) is 18.2 Å². The van der Waals surface area contributed by atoms with E-state index in [0.717, 1.165) is 18.6 Å². The van der Waals surface area contributed by atoms with Gasteiger partial charge >= 0.3 is 12.3 Å². The molecule has 0 saturated carbocycles. The van der Waals surface area contributed by atoms with Crippen LogP contribution in [0.4, 0.5) is 29.7 Å². The molecule has 4 atom stereocenters. The van der Waals surface area contributed by atoms with Gasteiger partial charge in [-0.1, -0.05) is 37.6 Å². The number of aromatic nitrogens is 4. The van der Waals surface area contributed by atoms with Crippen LogP contribution in [0.2, 0.25) is 0 Å². The molecule has 2 heterocycles. The van der Waals surface area contributed by atoms with Crippen LogP contribution in [0.1, 0.15) is 65.0 Å². The van der Waals surface area contributed by atoms with E-state index in [-0.39, 0.29) is 47.9 Å². The Labute approximate surface area is 224 Å². The number of rotatable bonds is 12. The van der Waals surface area contributed by atoms with E-state index in [0.29, 0.717) is 12.3 Å². The normalized spacial score (nSPS) is 14.8. The number of ether oxygens (including phenoxy) is 2. The Balaban J connectivity index is 1.52. The third-order valence-electron chi connectivity index (χ3n) is 6.14. The molecular weight excluding hydrogens is 517 g/mol. The Hall–Kier alpha value is -3.74. The molecule has 212 valence electrons. The number of anilines is 2. The van der Waals surface area contributed by atoms with Crippen molar-refractivity contribution in [3.8, 4) is 11.4 Å². The minimum absolute atomic E-state index is 0.0119. The zero-order valence-electron chi connectivity index (χ0n) is 22.5. The number of benzene rings is 1. The van der Waals surface area contributed by atoms with Gasteiger partial charge in [0.2, 0.25) is 17.7 Å². The van der Waals surface area contributed by atoms with Gasteiger partial charge in [-0.05, 0) is 44.9 Å². The zero-order chi connectivity index (χ0) is 28.6. The number of nitrogens with zero attached hydrogens (tertiary/aromatic N) is 4. The summed E-state index contributed by atoms with van der Waals surface area (Å²) in [7, 11) is 0. The number of nitrogens with one attached hydrogen (secondary N) is 2. The first-order chi connectivity index (χ1) is 18.5. The predicted molar refractivity (Wildman–Crippen MR) is 138 cm³/mol. The van der Waals surface area contributed by atoms with E-state index < -0.39 is 23.9 Å². The standard InChI is InChI=1S/C26H33F3N6O4/c1-6-15(2)18(5)38-16(3)11-13-37-25(36)33-21-10-12-30-24(32-21)31-17(4)23-34-22(35-39-23)19-8-7-9-20(14-19)26(27,28)29/h7-10,12,14-18H,6,11,13H2,1-5H3,(H2,30,31,32,33,36)/t15?,16?,17-,18?/m0/s1. The molecule has 0 spiro atoms. The van der Waals surface area contributed by atoms with Crippen molar-refractivity contribution in [1.29, 1.82) is 0 Å². The lowest BCUT2D eigenvalue weighted by molar-refractivity contribution is -0.137. The fourth-order valence-electron chi connectivity index (χ4n) is 3.47. The molecule has 2 aromatic heterocycles. The van der Waals surface area contributed by atoms with Gasteiger partial charge < -0.3 is 19.3 Å². The fraction of sp³-hybridized carbons (Fsp3) is 0.500. The topological polar surface area (TPSA) is 124 Å². The van der Waals surface area contributed by atoms with Crippen molar-refractivity contribution in [2.24, 2.45) is 5.92 Å². The van der Waals surface area contributed by atoms with E-state index in [2.05, 4.69) is 44.6 Å². The molecule has 3 aromatic rings. The lowest BCUT2D eigenvalue weighted by atomic mass is 10.0. The second kappa shape index (κ2) is 13.4. The summed E-state index contributed by atoms with van der Waals surface area (Å²) in [5, 5.41) is 9.28. The molecule has 10 nitrogen and oxygen atoms in total. The summed E-state index contributed by atoms with van der Waals surface area (Å²) in [5.74, 6) is 0.924. The Morgan fingerprint density at radius 2 is 1.90 bits per heavy atom. The van der Waals surface area contributed by atoms with Crippen LogP contribution in [0.15, 0.2) is 41.1 Å². The third-order valence-corrected chi connectivity index (χ3v) is 6.14. The van der Waals surface area contributed by atoms with Gasteiger partial charge in [0.25, 0.3) is 0 Å². The fourth-order valence-corrected chi connectivity index (χ4v) is 3.47. The first-order valence-electron chi connectivity index (χ1n) is 12.7. The summed E-state index contributed by atoms with van der Waals surface area (Å²) in [6.45, 7) is 10.1. The van der Waals surface area contributed by atoms with Crippen molar-refractivity contribution in [1.82, 2.24) is 20.1 Å². The average molecular weight is 551 g/mol. The molecular formula is C26H33F3N6O4. The Bertz CT molecular complexity index is 1220. The van der Waals surface area contributed by atoms with Gasteiger partial charge in [-0.25, -0.2) is 9.78 Å². The quantitative estimate of drug-likeness (QED) is 0.260. The number of hydrogen-bond donors (Lipinski definition) is 2. The molecule has 0 fully saturated rings. The van der Waals surface area contributed by atoms with E-state index in [1.807, 2.05) is 13.8 Å². The van der Waals surface area contributed by atoms with Crippen molar-refractivity contribution < 1.29 is 32.0 Å². The maximum atomic E-state index is 13.0. The van der Waals surface area contributed by atoms with Gasteiger partial charge in [-0.2, -0.15) is 23.1 Å². The van der Waals surface area contributed by atoms with E-state index in [4.69, 9.17) is 14.0 Å². The van der Waals surface area contributed by atoms with Gasteiger partial charge in [0.1, 0.15) is 11.9 Å². The van der Waals surface area contributed by atoms with Crippen molar-refractivity contribution in [3.63, 3.8) is 0 Å². The number of carbonyl (C=O) groups is 1. The molecule has 3 unspecified atom stereocenters. The maximum Gasteiger partial charge on any atom is 0.416 e. The minimum atomic E-state index is -4.49. The highest BCUT2D eigenvalue weighted by molar-refractivity contribution is 5.83. The Kier molecular flexibility index (Phi) is 10.2. The predicted octanol–water partition coefficient (Wildman–Crippen LogP) is 6.50. The van der Waals surface area contributed by atoms with Crippen molar-refractivity contribution in [3.05, 3.63) is 48.0 Å². The smallest absolute Gasteiger partial charge is 0.416 e. The molecule has 3 rings (SSSR count). The lowest BCUT2D eigenvalue weighted by Gasteiger charge is -2.23. The number of amides is 1. The van der Waals surface area contributed by atoms with Crippen LogP contribution in [-0.2, 0) is 15.7 Å². The molecule has 13 heteroatoms. The number of halogens is 3. The van der Waals surface area contributed by atoms with Crippen molar-refractivity contribution in [2.75, 3.05) is 17.2 Å². The number of alkyl halides is 3. The van der Waals surface area contributed by atoms with Crippen LogP contribution >= 0.6 is 0 Å². The zero-order valence-corrected chi connectivity index (χ0v) is 22.5. The highest BCUT2D eigenvalue weighted by Crippen LogP contribution is 2.31. The summed E-state index contributed by atoms with van der Waals surface area (Å²) in [5.41, 5.74) is -0.646. The second-order valence-electron chi connectivity index (χ2n) is 9.25. The van der Waals surface area contributed by atoms with E-state index in [1.54, 1.807) is 6.92 Å². The van der Waals surface area contributed by atoms with E-state index in [9.17, 15) is 18.0 Å². The lowest BCUT2D eigenvalue weighted by Crippen LogP contribution is -2.25. The molecule has 0 aliphatic heterocycles. The van der Waals surface area contributed by atoms with E-state index in [1.165, 1.54) is 24.4 Å². The summed E-state index contributed by atoms with van der Waals surface area (Å²) in [4.78, 5) is 24.7. The van der Waals surface area contributed by atoms with Gasteiger partial charge in [-0.3, -0.25) is 5.32 Å². The van der Waals surface area contributed by atoms with Crippen LogP contribution in [0.5, 0.6) is 0 Å². The van der Waals surface area contributed by atoms with Crippen LogP contribution in [0, 0.1) is 5.92 Å². The highest BCUT2D eigenvalue weighted by Gasteiger charge is 2.31. The van der Waals surface area contributed by atoms with Gasteiger partial charge in [0.15, 0.2) is 0 Å². The highest BCUT2D eigenvalue weighted by atomic mass is 19.4. The Morgan fingerprint density at radius 3 is 2.62 bits per heavy atom. The van der Waals surface area contributed by atoms with Crippen LogP contribution in [0.3, 0.4) is 0 Å². The van der Waals surface area contributed by atoms with Gasteiger partial charge in [0.05, 0.1) is 24.4 Å². The monoisotopic (exact) mass is 550 g/mol. The third kappa shape index (κ3) is 8.91. The van der Waals surface area contributed by atoms with Crippen molar-refractivity contribution in [2.45, 2.75) is 71.9 Å². The van der Waals surface area contributed by atoms with Gasteiger partial charge in [-0.15, -0.1) is 0 Å². The summed E-state index contributed by atoms with van der Waals surface area (Å²) in [6, 6.07) is 5.56. The molecule has 1 aromatic carbocycles. The molecule has 0 saturated heterocycles. The van der Waals surface area contributed by atoms with Crippen LogP contribution in [-0.4, -0.2) is 45.0 Å². The Morgan fingerprint density at radius 1 is 1.13 bits per heavy atom. The summed E-state index contributed by atoms with van der Waals surface area (Å²) in [6.07, 6.45) is -2.08. The molecule has 0 aliphatic rings. The molecule has 2 N–H and O–H groups in total. The number of hydrogen-bond acceptors (Lipinski definition) is 9. The summed E-state index contributed by atoms with van der Waals surface area (Å²) < 4.78 is 55.4. The van der Waals surface area contributed by atoms with Crippen LogP contribution in [0.25, 0.3) is 11.4 Å². The largest absolute Gasteiger partial charge is 0.449 e. The van der Waals surface area contributed by atoms with Crippen LogP contribution < -0.4 is 10.6 Å². The summed E-state index contributed by atoms with van der Waals surface area (Å²) >= 11 is 0. The molecule has 1 amide bonds. The SMILES string of the molecule is CCC(C)C(C)OC(C)CCOC(=O)Nc1ccnc(N[C@@H](C)c2nc(-c3cccc(C(F)(F)F)c3)no2)n1.